The molecule has 3 heterocycles. The molecule has 9 aromatic carbocycles. The van der Waals surface area contributed by atoms with Crippen LogP contribution in [-0.4, -0.2) is 17.2 Å². The van der Waals surface area contributed by atoms with Crippen LogP contribution in [0.3, 0.4) is 0 Å². The van der Waals surface area contributed by atoms with Crippen LogP contribution >= 0.6 is 11.3 Å². The van der Waals surface area contributed by atoms with Crippen molar-refractivity contribution in [3.8, 4) is 11.4 Å². The molecule has 0 bridgehead atoms. The third-order valence-corrected chi connectivity index (χ3v) is 18.2. The Morgan fingerprint density at radius 3 is 1.45 bits per heavy atom. The van der Waals surface area contributed by atoms with E-state index in [1.807, 2.05) is 11.3 Å². The summed E-state index contributed by atoms with van der Waals surface area (Å²) >= 11 is 1.87. The van der Waals surface area contributed by atoms with Gasteiger partial charge >= 0.3 is 0 Å². The second-order valence-corrected chi connectivity index (χ2v) is 20.1. The first-order chi connectivity index (χ1) is 28.8. The Morgan fingerprint density at radius 2 is 0.776 bits per heavy atom. The van der Waals surface area contributed by atoms with E-state index in [2.05, 4.69) is 228 Å². The lowest BCUT2D eigenvalue weighted by Gasteiger charge is -2.35. The van der Waals surface area contributed by atoms with Gasteiger partial charge in [-0.25, -0.2) is 0 Å². The molecule has 2 nitrogen and oxygen atoms in total. The zero-order chi connectivity index (χ0) is 38.2. The van der Waals surface area contributed by atoms with Crippen LogP contribution in [0.25, 0.3) is 75.2 Å². The monoisotopic (exact) mass is 772 g/mol. The van der Waals surface area contributed by atoms with Crippen molar-refractivity contribution in [2.75, 3.05) is 0 Å². The molecule has 0 N–H and O–H groups in total. The standard InChI is InChI=1S/C54H36N2SSi/c1-4-17-39(18-5-1)58(40-19-6-2-7-20-40,41-21-8-3-9-22-41)53-30-16-28-50-54(53)44-25-11-14-27-48(44)56(50)37-31-33-49-45(35-37)42-23-10-13-26-47(42)55(49)38-32-34-52-46(36-38)43-24-12-15-29-51(43)57-52/h1-36H. The summed E-state index contributed by atoms with van der Waals surface area (Å²) in [6.45, 7) is 0. The topological polar surface area (TPSA) is 9.86 Å². The second kappa shape index (κ2) is 13.0. The van der Waals surface area contributed by atoms with Gasteiger partial charge in [-0.3, -0.25) is 0 Å². The fourth-order valence-electron chi connectivity index (χ4n) is 9.87. The number of fused-ring (bicyclic) bond motifs is 9. The van der Waals surface area contributed by atoms with Crippen LogP contribution in [-0.2, 0) is 0 Å². The molecule has 0 aliphatic rings. The summed E-state index contributed by atoms with van der Waals surface area (Å²) in [6.07, 6.45) is 0. The van der Waals surface area contributed by atoms with Crippen molar-refractivity contribution in [3.05, 3.63) is 218 Å². The predicted molar refractivity (Wildman–Crippen MR) is 252 cm³/mol. The zero-order valence-electron chi connectivity index (χ0n) is 31.6. The van der Waals surface area contributed by atoms with Crippen molar-refractivity contribution >= 4 is 104 Å². The molecule has 0 saturated carbocycles. The molecule has 12 aromatic rings. The highest BCUT2D eigenvalue weighted by Crippen LogP contribution is 2.39. The third kappa shape index (κ3) is 4.76. The summed E-state index contributed by atoms with van der Waals surface area (Å²) in [5.74, 6) is 0. The lowest BCUT2D eigenvalue weighted by Crippen LogP contribution is -2.74. The van der Waals surface area contributed by atoms with Crippen LogP contribution in [0.15, 0.2) is 218 Å². The molecule has 0 saturated heterocycles. The fraction of sp³-hybridized carbons (Fsp3) is 0. The Bertz CT molecular complexity index is 3410. The fourth-order valence-corrected chi connectivity index (χ4v) is 16.0. The van der Waals surface area contributed by atoms with E-state index in [-0.39, 0.29) is 0 Å². The largest absolute Gasteiger partial charge is 0.309 e. The number of benzene rings is 9. The minimum Gasteiger partial charge on any atom is -0.309 e. The normalized spacial score (nSPS) is 12.1. The Morgan fingerprint density at radius 1 is 0.310 bits per heavy atom. The van der Waals surface area contributed by atoms with Gasteiger partial charge in [0.05, 0.1) is 22.1 Å². The predicted octanol–water partition coefficient (Wildman–Crippen LogP) is 11.6. The lowest BCUT2D eigenvalue weighted by molar-refractivity contribution is 1.17. The number of hydrogen-bond donors (Lipinski definition) is 0. The van der Waals surface area contributed by atoms with E-state index in [4.69, 9.17) is 0 Å². The van der Waals surface area contributed by atoms with Crippen LogP contribution in [0.5, 0.6) is 0 Å². The molecule has 0 fully saturated rings. The van der Waals surface area contributed by atoms with Gasteiger partial charge in [0.2, 0.25) is 0 Å². The van der Waals surface area contributed by atoms with E-state index >= 15 is 0 Å². The summed E-state index contributed by atoms with van der Waals surface area (Å²) < 4.78 is 7.59. The van der Waals surface area contributed by atoms with Crippen molar-refractivity contribution in [1.82, 2.24) is 9.13 Å². The van der Waals surface area contributed by atoms with Gasteiger partial charge in [-0.05, 0) is 81.4 Å². The average molecular weight is 773 g/mol. The molecule has 0 aliphatic carbocycles. The molecule has 0 amide bonds. The zero-order valence-corrected chi connectivity index (χ0v) is 33.4. The van der Waals surface area contributed by atoms with Gasteiger partial charge in [0, 0.05) is 53.1 Å². The number of thiophene rings is 1. The highest BCUT2D eigenvalue weighted by molar-refractivity contribution is 7.25. The number of nitrogens with zero attached hydrogens (tertiary/aromatic N) is 2. The van der Waals surface area contributed by atoms with Crippen LogP contribution in [0.1, 0.15) is 0 Å². The summed E-state index contributed by atoms with van der Waals surface area (Å²) in [4.78, 5) is 0. The SMILES string of the molecule is c1ccc([Si](c2ccccc2)(c2ccccc2)c2cccc3c2c2ccccc2n3-c2ccc3c(c2)c2ccccc2n3-c2ccc3sc4ccccc4c3c2)cc1. The van der Waals surface area contributed by atoms with Gasteiger partial charge in [0.1, 0.15) is 0 Å². The molecule has 272 valence electrons. The molecule has 4 heteroatoms. The molecule has 58 heavy (non-hydrogen) atoms. The van der Waals surface area contributed by atoms with Crippen LogP contribution in [0.4, 0.5) is 0 Å². The number of para-hydroxylation sites is 2. The maximum absolute atomic E-state index is 2.83. The average Bonchev–Trinajstić information content (AvgIpc) is 3.95. The number of aromatic nitrogens is 2. The minimum atomic E-state index is -2.83. The Balaban J connectivity index is 1.14. The number of hydrogen-bond acceptors (Lipinski definition) is 1. The maximum Gasteiger partial charge on any atom is 0.180 e. The molecule has 0 spiro atoms. The van der Waals surface area contributed by atoms with Crippen LogP contribution < -0.4 is 20.7 Å². The van der Waals surface area contributed by atoms with E-state index in [0.717, 1.165) is 5.69 Å². The Hall–Kier alpha value is -6.98. The molecular weight excluding hydrogens is 737 g/mol. The first kappa shape index (κ1) is 33.2. The van der Waals surface area contributed by atoms with Gasteiger partial charge in [0.25, 0.3) is 0 Å². The summed E-state index contributed by atoms with van der Waals surface area (Å²) in [5, 5.41) is 13.2. The van der Waals surface area contributed by atoms with Gasteiger partial charge in [-0.1, -0.05) is 158 Å². The highest BCUT2D eigenvalue weighted by Gasteiger charge is 2.43. The van der Waals surface area contributed by atoms with Crippen molar-refractivity contribution < 1.29 is 0 Å². The van der Waals surface area contributed by atoms with Crippen LogP contribution in [0, 0.1) is 0 Å². The first-order valence-corrected chi connectivity index (χ1v) is 22.8. The third-order valence-electron chi connectivity index (χ3n) is 12.3. The van der Waals surface area contributed by atoms with Crippen molar-refractivity contribution in [1.29, 1.82) is 0 Å². The smallest absolute Gasteiger partial charge is 0.180 e. The maximum atomic E-state index is 2.50. The molecule has 0 radical (unpaired) electrons. The van der Waals surface area contributed by atoms with Crippen LogP contribution in [0.2, 0.25) is 0 Å². The van der Waals surface area contributed by atoms with Gasteiger partial charge < -0.3 is 9.13 Å². The molecular formula is C54H36N2SSi. The molecule has 0 atom stereocenters. The van der Waals surface area contributed by atoms with E-state index in [0.29, 0.717) is 0 Å². The molecule has 0 unspecified atom stereocenters. The minimum absolute atomic E-state index is 1.16. The van der Waals surface area contributed by atoms with Gasteiger partial charge in [0.15, 0.2) is 8.07 Å². The van der Waals surface area contributed by atoms with Crippen molar-refractivity contribution in [2.24, 2.45) is 0 Å². The number of rotatable bonds is 6. The van der Waals surface area contributed by atoms with Crippen molar-refractivity contribution in [2.45, 2.75) is 0 Å². The molecule has 0 aliphatic heterocycles. The van der Waals surface area contributed by atoms with E-state index in [9.17, 15) is 0 Å². The Kier molecular flexibility index (Phi) is 7.46. The summed E-state index contributed by atoms with van der Waals surface area (Å²) in [6, 6.07) is 81.5. The van der Waals surface area contributed by atoms with E-state index in [1.54, 1.807) is 0 Å². The van der Waals surface area contributed by atoms with Gasteiger partial charge in [-0.15, -0.1) is 11.3 Å². The van der Waals surface area contributed by atoms with E-state index in [1.165, 1.54) is 90.2 Å². The highest BCUT2D eigenvalue weighted by atomic mass is 32.1. The molecule has 3 aromatic heterocycles. The second-order valence-electron chi connectivity index (χ2n) is 15.2. The summed E-state index contributed by atoms with van der Waals surface area (Å²) in [7, 11) is -2.83. The van der Waals surface area contributed by atoms with Crippen molar-refractivity contribution in [3.63, 3.8) is 0 Å². The van der Waals surface area contributed by atoms with E-state index < -0.39 is 8.07 Å². The molecule has 12 rings (SSSR count). The first-order valence-electron chi connectivity index (χ1n) is 19.9. The quantitative estimate of drug-likeness (QED) is 0.118. The lowest BCUT2D eigenvalue weighted by atomic mass is 10.1. The summed E-state index contributed by atoms with van der Waals surface area (Å²) in [5.41, 5.74) is 7.18. The van der Waals surface area contributed by atoms with Gasteiger partial charge in [-0.2, -0.15) is 0 Å². The Labute approximate surface area is 341 Å².